The monoisotopic (exact) mass is 1960 g/mol. The molecule has 0 atom stereocenters. The SMILES string of the molecule is CCOc1cc(-c2ccccn2)nc(-c2ccccn2)c1.CCOc1cc(-c2ccccn2)nc(-c2ccccn2)c1.CCOc1cccc(-c2ccc3ccccc3n2)n1.CCOc1cccc(-c2ccc3ccccc3n2)n1.O.O.O.O.O=S(=O)([O-])C(F)(F)F.O=S(=O)([O-])C(F)(F)F.O=S(=O)([O-])C(F)(F)F.O=S(=O)([O-])C(F)(F)F.[OH3+].[OH3+].[Ru+2].[Ru+2]. The molecule has 0 saturated heterocycles. The Hall–Kier alpha value is -10.5. The summed E-state index contributed by atoms with van der Waals surface area (Å²) in [5.41, 5.74) is -10.9. The van der Waals surface area contributed by atoms with Gasteiger partial charge in [-0.05, 0) is 113 Å². The van der Waals surface area contributed by atoms with Gasteiger partial charge in [0.2, 0.25) is 11.8 Å². The van der Waals surface area contributed by atoms with Crippen molar-refractivity contribution in [2.45, 2.75) is 49.7 Å². The number of aromatic nitrogens is 10. The molecule has 14 N–H and O–H groups in total. The number of rotatable bonds is 14. The summed E-state index contributed by atoms with van der Waals surface area (Å²) in [4.78, 5) is 44.9. The van der Waals surface area contributed by atoms with Gasteiger partial charge in [-0.3, -0.25) is 19.9 Å². The molecule has 50 heteroatoms. The Labute approximate surface area is 702 Å². The molecule has 120 heavy (non-hydrogen) atoms. The first-order valence-corrected chi connectivity index (χ1v) is 37.1. The third kappa shape index (κ3) is 38.7. The Balaban J connectivity index is -0.000000656. The maximum absolute atomic E-state index is 10.7. The number of para-hydroxylation sites is 2. The van der Waals surface area contributed by atoms with Crippen molar-refractivity contribution in [2.24, 2.45) is 0 Å². The van der Waals surface area contributed by atoms with E-state index in [2.05, 4.69) is 74.1 Å². The van der Waals surface area contributed by atoms with Crippen LogP contribution < -0.4 is 18.9 Å². The van der Waals surface area contributed by atoms with Crippen LogP contribution in [-0.4, -0.2) is 172 Å². The summed E-state index contributed by atoms with van der Waals surface area (Å²) < 4.78 is 258. The van der Waals surface area contributed by atoms with Crippen molar-refractivity contribution in [1.82, 2.24) is 49.8 Å². The molecule has 656 valence electrons. The number of halogens is 12. The van der Waals surface area contributed by atoms with Crippen molar-refractivity contribution in [1.29, 1.82) is 0 Å². The molecule has 0 amide bonds. The Kier molecular flexibility index (Phi) is 51.3. The fraction of sp³-hybridized carbons (Fsp3) is 0.171. The van der Waals surface area contributed by atoms with Crippen LogP contribution in [0, 0.1) is 0 Å². The maximum atomic E-state index is 10.7. The van der Waals surface area contributed by atoms with Crippen LogP contribution in [0.4, 0.5) is 52.7 Å². The number of ether oxygens (including phenoxy) is 4. The molecule has 2 aromatic carbocycles. The van der Waals surface area contributed by atoms with Crippen LogP contribution in [-0.2, 0) is 90.4 Å². The minimum atomic E-state index is -6.09. The summed E-state index contributed by atoms with van der Waals surface area (Å²) in [5.74, 6) is 2.81. The third-order valence-corrected chi connectivity index (χ3v) is 15.1. The summed E-state index contributed by atoms with van der Waals surface area (Å²) in [5, 5.41) is 2.26. The predicted octanol–water partition coefficient (Wildman–Crippen LogP) is 9.66. The van der Waals surface area contributed by atoms with Crippen molar-refractivity contribution in [3.63, 3.8) is 0 Å². The molecule has 0 spiro atoms. The largest absolute Gasteiger partial charge is 2.00 e. The summed E-state index contributed by atoms with van der Waals surface area (Å²) in [6.45, 7) is 10.2. The van der Waals surface area contributed by atoms with Crippen molar-refractivity contribution in [3.05, 3.63) is 231 Å². The van der Waals surface area contributed by atoms with Crippen LogP contribution in [0.5, 0.6) is 23.3 Å². The van der Waals surface area contributed by atoms with E-state index in [-0.39, 0.29) is 71.8 Å². The average Bonchev–Trinajstić information content (AvgIpc) is 0.824. The predicted molar refractivity (Wildman–Crippen MR) is 403 cm³/mol. The van der Waals surface area contributed by atoms with E-state index in [0.29, 0.717) is 38.2 Å². The zero-order valence-corrected chi connectivity index (χ0v) is 68.5. The molecule has 32 nitrogen and oxygen atoms in total. The number of hydrogen-bond acceptors (Lipinski definition) is 26. The Bertz CT molecular complexity index is 4950. The molecule has 0 aliphatic rings. The molecule has 0 unspecified atom stereocenters. The number of nitrogens with zero attached hydrogens (tertiary/aromatic N) is 10. The van der Waals surface area contributed by atoms with Gasteiger partial charge in [0.05, 0.1) is 106 Å². The van der Waals surface area contributed by atoms with Gasteiger partial charge in [-0.25, -0.2) is 63.6 Å². The van der Waals surface area contributed by atoms with Gasteiger partial charge in [-0.15, -0.1) is 0 Å². The molecule has 0 saturated carbocycles. The Morgan fingerprint density at radius 3 is 0.708 bits per heavy atom. The quantitative estimate of drug-likeness (QED) is 0.0321. The van der Waals surface area contributed by atoms with Gasteiger partial charge in [-0.1, -0.05) is 84.9 Å². The van der Waals surface area contributed by atoms with Crippen molar-refractivity contribution in [2.75, 3.05) is 26.4 Å². The summed E-state index contributed by atoms with van der Waals surface area (Å²) in [7, 11) is -24.4. The zero-order valence-electron chi connectivity index (χ0n) is 61.8. The number of benzene rings is 2. The molecule has 10 aromatic heterocycles. The molecular formula is C70H72F12N10O22Ru2S4+2. The first-order chi connectivity index (χ1) is 52.5. The van der Waals surface area contributed by atoms with E-state index < -0.39 is 62.5 Å². The van der Waals surface area contributed by atoms with E-state index in [1.54, 1.807) is 24.8 Å². The summed E-state index contributed by atoms with van der Waals surface area (Å²) in [6, 6.07) is 66.3. The van der Waals surface area contributed by atoms with Gasteiger partial charge in [0.15, 0.2) is 40.5 Å². The van der Waals surface area contributed by atoms with Gasteiger partial charge in [0.25, 0.3) is 0 Å². The minimum Gasteiger partial charge on any atom is -0.741 e. The van der Waals surface area contributed by atoms with Crippen molar-refractivity contribution in [3.8, 4) is 91.6 Å². The summed E-state index contributed by atoms with van der Waals surface area (Å²) in [6.07, 6.45) is 7.02. The number of fused-ring (bicyclic) bond motifs is 2. The molecule has 12 aromatic rings. The van der Waals surface area contributed by atoms with Gasteiger partial charge < -0.3 is 70.0 Å². The number of pyridine rings is 10. The van der Waals surface area contributed by atoms with Crippen LogP contribution in [0.15, 0.2) is 231 Å². The molecular weight excluding hydrogens is 1890 g/mol. The van der Waals surface area contributed by atoms with Crippen LogP contribution in [0.1, 0.15) is 27.7 Å². The fourth-order valence-electron chi connectivity index (χ4n) is 8.08. The standard InChI is InChI=1S/2C17H15N3O.2C16H14N2O.4CHF3O3S.6H2O.2Ru/c2*1-2-21-13-11-16(14-7-3-5-9-18-14)20-17(12-13)15-8-4-6-10-19-15;2*1-2-19-16-9-5-8-14(18-16)15-11-10-12-6-3-4-7-13(12)17-15;4*2-1(3,4)8(5,6)7;;;;;;;;/h2*3-12H,2H2,1H3;2*3-11H,2H2,1H3;4*(H,5,6,7);6*1H2;;/q;;;;;;;;;;;;;;2*+2/p-2. The fourth-order valence-corrected chi connectivity index (χ4v) is 8.08. The van der Waals surface area contributed by atoms with Crippen molar-refractivity contribution < 1.29 is 195 Å². The third-order valence-electron chi connectivity index (χ3n) is 12.8. The Morgan fingerprint density at radius 2 is 0.492 bits per heavy atom. The molecule has 12 rings (SSSR count). The average molecular weight is 1960 g/mol. The molecule has 0 bridgehead atoms. The summed E-state index contributed by atoms with van der Waals surface area (Å²) >= 11 is 0. The van der Waals surface area contributed by atoms with Gasteiger partial charge >= 0.3 is 61.0 Å². The topological polar surface area (TPSA) is 587 Å². The first kappa shape index (κ1) is 116. The van der Waals surface area contributed by atoms with Gasteiger partial charge in [0.1, 0.15) is 11.5 Å². The van der Waals surface area contributed by atoms with E-state index in [4.69, 9.17) is 70.8 Å². The molecule has 10 heterocycles. The second-order valence-electron chi connectivity index (χ2n) is 20.8. The number of hydrogen-bond donors (Lipinski definition) is 0. The van der Waals surface area contributed by atoms with Crippen LogP contribution in [0.2, 0.25) is 0 Å². The van der Waals surface area contributed by atoms with Crippen LogP contribution >= 0.6 is 0 Å². The second-order valence-corrected chi connectivity index (χ2v) is 26.3. The van der Waals surface area contributed by atoms with Crippen LogP contribution in [0.3, 0.4) is 0 Å². The van der Waals surface area contributed by atoms with E-state index in [1.807, 2.05) is 210 Å². The van der Waals surface area contributed by atoms with Gasteiger partial charge in [-0.2, -0.15) is 52.7 Å². The molecule has 0 radical (unpaired) electrons. The van der Waals surface area contributed by atoms with Crippen molar-refractivity contribution >= 4 is 62.3 Å². The minimum absolute atomic E-state index is 0. The molecule has 0 fully saturated rings. The Morgan fingerprint density at radius 1 is 0.275 bits per heavy atom. The van der Waals surface area contributed by atoms with Crippen LogP contribution in [0.25, 0.3) is 90.1 Å². The molecule has 0 aliphatic heterocycles. The normalized spacial score (nSPS) is 10.7. The second kappa shape index (κ2) is 53.2. The smallest absolute Gasteiger partial charge is 0.741 e. The molecule has 0 aliphatic carbocycles. The maximum Gasteiger partial charge on any atom is 2.00 e. The van der Waals surface area contributed by atoms with E-state index in [0.717, 1.165) is 102 Å². The van der Waals surface area contributed by atoms with E-state index >= 15 is 0 Å². The number of alkyl halides is 12. The first-order valence-electron chi connectivity index (χ1n) is 31.4. The van der Waals surface area contributed by atoms with Gasteiger partial charge in [0, 0.05) is 72.0 Å². The van der Waals surface area contributed by atoms with E-state index in [1.165, 1.54) is 0 Å². The zero-order chi connectivity index (χ0) is 83.1. The van der Waals surface area contributed by atoms with E-state index in [9.17, 15) is 52.7 Å².